The Hall–Kier alpha value is -2.97. The lowest BCUT2D eigenvalue weighted by Gasteiger charge is -2.13. The van der Waals surface area contributed by atoms with Crippen LogP contribution in [0.3, 0.4) is 0 Å². The molecule has 16 heteroatoms. The third-order valence-electron chi connectivity index (χ3n) is 3.73. The summed E-state index contributed by atoms with van der Waals surface area (Å²) in [5.41, 5.74) is -7.16. The van der Waals surface area contributed by atoms with E-state index in [1.54, 1.807) is 0 Å². The van der Waals surface area contributed by atoms with Crippen LogP contribution in [0.4, 0.5) is 45.2 Å². The van der Waals surface area contributed by atoms with Gasteiger partial charge in [0.1, 0.15) is 17.8 Å². The van der Waals surface area contributed by atoms with Gasteiger partial charge in [-0.3, -0.25) is 14.3 Å². The van der Waals surface area contributed by atoms with Crippen molar-refractivity contribution < 1.29 is 49.1 Å². The lowest BCUT2D eigenvalue weighted by Crippen LogP contribution is -2.33. The Kier molecular flexibility index (Phi) is 6.73. The molecule has 0 fully saturated rings. The number of aromatic nitrogens is 2. The van der Waals surface area contributed by atoms with E-state index in [9.17, 15) is 49.1 Å². The first-order chi connectivity index (χ1) is 14.4. The zero-order valence-corrected chi connectivity index (χ0v) is 16.2. The van der Waals surface area contributed by atoms with Crippen molar-refractivity contribution in [2.45, 2.75) is 18.5 Å². The van der Waals surface area contributed by atoms with Gasteiger partial charge in [-0.05, 0) is 18.2 Å². The van der Waals surface area contributed by atoms with E-state index in [1.807, 2.05) is 5.32 Å². The number of carbonyl (C=O) groups is 2. The summed E-state index contributed by atoms with van der Waals surface area (Å²) in [6, 6.07) is 2.64. The predicted molar refractivity (Wildman–Crippen MR) is 91.0 cm³/mol. The number of nitrogens with zero attached hydrogens (tertiary/aromatic N) is 2. The second kappa shape index (κ2) is 8.52. The molecule has 6 nitrogen and oxygen atoms in total. The molecule has 0 aliphatic carbocycles. The fraction of sp³-hybridized carbons (Fsp3) is 0.312. The minimum absolute atomic E-state index is 0.0772. The smallest absolute Gasteiger partial charge is 0.343 e. The highest BCUT2D eigenvalue weighted by Gasteiger charge is 2.50. The van der Waals surface area contributed by atoms with Gasteiger partial charge < -0.3 is 10.6 Å². The molecular weight excluding hydrogens is 487 g/mol. The summed E-state index contributed by atoms with van der Waals surface area (Å²) in [6.07, 6.45) is -15.9. The second-order valence-corrected chi connectivity index (χ2v) is 6.55. The molecule has 1 aromatic heterocycles. The number of halogens is 10. The molecule has 0 radical (unpaired) electrons. The summed E-state index contributed by atoms with van der Waals surface area (Å²) in [5.74, 6) is -2.99. The van der Waals surface area contributed by atoms with Crippen LogP contribution in [0.5, 0.6) is 0 Å². The first-order valence-electron chi connectivity index (χ1n) is 8.09. The molecule has 1 heterocycles. The van der Waals surface area contributed by atoms with Gasteiger partial charge in [0.15, 0.2) is 5.69 Å². The average molecular weight is 497 g/mol. The molecule has 1 aromatic carbocycles. The Morgan fingerprint density at radius 2 is 1.59 bits per heavy atom. The van der Waals surface area contributed by atoms with Gasteiger partial charge in [0.05, 0.1) is 10.6 Å². The normalized spacial score (nSPS) is 12.6. The number of hydrogen-bond donors (Lipinski definition) is 2. The van der Waals surface area contributed by atoms with E-state index >= 15 is 0 Å². The molecule has 0 aliphatic rings. The van der Waals surface area contributed by atoms with E-state index < -0.39 is 65.1 Å². The van der Waals surface area contributed by atoms with E-state index in [-0.39, 0.29) is 9.70 Å². The van der Waals surface area contributed by atoms with Gasteiger partial charge in [0.25, 0.3) is 11.8 Å². The fourth-order valence-corrected chi connectivity index (χ4v) is 2.70. The number of alkyl halides is 9. The Morgan fingerprint density at radius 3 is 2.09 bits per heavy atom. The Morgan fingerprint density at radius 1 is 1.00 bits per heavy atom. The SMILES string of the molecule is Cn1nc(C(F)(F)F)c(C(F)(F)F)c1C(=O)Nc1ccc(Cl)c(C(=O)NCC(F)(F)F)c1. The summed E-state index contributed by atoms with van der Waals surface area (Å²) < 4.78 is 115. The molecule has 0 atom stereocenters. The molecule has 32 heavy (non-hydrogen) atoms. The van der Waals surface area contributed by atoms with Crippen molar-refractivity contribution >= 4 is 29.1 Å². The second-order valence-electron chi connectivity index (χ2n) is 6.14. The number of nitrogens with one attached hydrogen (secondary N) is 2. The molecule has 0 saturated carbocycles. The number of aryl methyl sites for hydroxylation is 1. The molecule has 2 amide bonds. The number of hydrogen-bond acceptors (Lipinski definition) is 3. The van der Waals surface area contributed by atoms with Crippen molar-refractivity contribution in [3.05, 3.63) is 45.7 Å². The highest BCUT2D eigenvalue weighted by atomic mass is 35.5. The van der Waals surface area contributed by atoms with Crippen molar-refractivity contribution in [3.8, 4) is 0 Å². The van der Waals surface area contributed by atoms with E-state index in [0.717, 1.165) is 18.2 Å². The van der Waals surface area contributed by atoms with Gasteiger partial charge in [0.2, 0.25) is 0 Å². The molecule has 176 valence electrons. The number of benzene rings is 1. The van der Waals surface area contributed by atoms with Crippen molar-refractivity contribution in [2.24, 2.45) is 7.05 Å². The minimum Gasteiger partial charge on any atom is -0.343 e. The van der Waals surface area contributed by atoms with E-state index in [1.165, 1.54) is 5.32 Å². The summed E-state index contributed by atoms with van der Waals surface area (Å²) in [4.78, 5) is 24.2. The highest BCUT2D eigenvalue weighted by molar-refractivity contribution is 6.34. The largest absolute Gasteiger partial charge is 0.435 e. The van der Waals surface area contributed by atoms with Crippen LogP contribution >= 0.6 is 11.6 Å². The average Bonchev–Trinajstić information content (AvgIpc) is 2.99. The number of carbonyl (C=O) groups excluding carboxylic acids is 2. The van der Waals surface area contributed by atoms with Crippen molar-refractivity contribution in [2.75, 3.05) is 11.9 Å². The summed E-state index contributed by atoms with van der Waals surface area (Å²) >= 11 is 5.72. The third-order valence-corrected chi connectivity index (χ3v) is 4.06. The van der Waals surface area contributed by atoms with Crippen LogP contribution in [0, 0.1) is 0 Å². The van der Waals surface area contributed by atoms with E-state index in [0.29, 0.717) is 7.05 Å². The van der Waals surface area contributed by atoms with Gasteiger partial charge >= 0.3 is 18.5 Å². The molecule has 0 saturated heterocycles. The van der Waals surface area contributed by atoms with Crippen LogP contribution < -0.4 is 10.6 Å². The molecular formula is C16H10ClF9N4O2. The zero-order chi connectivity index (χ0) is 24.6. The Labute approximate surface area is 177 Å². The van der Waals surface area contributed by atoms with Gasteiger partial charge in [0, 0.05) is 12.7 Å². The molecule has 2 rings (SSSR count). The van der Waals surface area contributed by atoms with Crippen LogP contribution in [-0.4, -0.2) is 34.3 Å². The summed E-state index contributed by atoms with van der Waals surface area (Å²) in [7, 11) is 0.678. The van der Waals surface area contributed by atoms with Crippen LogP contribution in [-0.2, 0) is 19.4 Å². The summed E-state index contributed by atoms with van der Waals surface area (Å²) in [6.45, 7) is -1.72. The first-order valence-corrected chi connectivity index (χ1v) is 8.47. The molecule has 2 aromatic rings. The van der Waals surface area contributed by atoms with Crippen molar-refractivity contribution in [3.63, 3.8) is 0 Å². The molecule has 0 bridgehead atoms. The standard InChI is InChI=1S/C16H10ClF9N4O2/c1-30-10(9(15(21,22)23)11(29-30)16(24,25)26)13(32)28-6-2-3-8(17)7(4-6)12(31)27-5-14(18,19)20/h2-4H,5H2,1H3,(H,27,31)(H,28,32). The zero-order valence-electron chi connectivity index (χ0n) is 15.4. The predicted octanol–water partition coefficient (Wildman–Crippen LogP) is 4.66. The maximum absolute atomic E-state index is 13.3. The number of anilines is 1. The van der Waals surface area contributed by atoms with E-state index in [4.69, 9.17) is 11.6 Å². The number of amides is 2. The van der Waals surface area contributed by atoms with Gasteiger partial charge in [-0.25, -0.2) is 0 Å². The highest BCUT2D eigenvalue weighted by Crippen LogP contribution is 2.41. The Bertz CT molecular complexity index is 1040. The fourth-order valence-electron chi connectivity index (χ4n) is 2.49. The number of rotatable bonds is 4. The van der Waals surface area contributed by atoms with Crippen LogP contribution in [0.15, 0.2) is 18.2 Å². The van der Waals surface area contributed by atoms with Crippen LogP contribution in [0.2, 0.25) is 5.02 Å². The van der Waals surface area contributed by atoms with Gasteiger partial charge in [-0.2, -0.15) is 44.6 Å². The monoisotopic (exact) mass is 496 g/mol. The van der Waals surface area contributed by atoms with Crippen molar-refractivity contribution in [1.82, 2.24) is 15.1 Å². The van der Waals surface area contributed by atoms with Crippen LogP contribution in [0.25, 0.3) is 0 Å². The Balaban J connectivity index is 2.40. The first kappa shape index (κ1) is 25.3. The third kappa shape index (κ3) is 5.83. The lowest BCUT2D eigenvalue weighted by atomic mass is 10.1. The maximum atomic E-state index is 13.3. The van der Waals surface area contributed by atoms with E-state index in [2.05, 4.69) is 5.10 Å². The molecule has 0 unspecified atom stereocenters. The maximum Gasteiger partial charge on any atom is 0.435 e. The lowest BCUT2D eigenvalue weighted by molar-refractivity contribution is -0.164. The molecule has 0 spiro atoms. The minimum atomic E-state index is -5.60. The van der Waals surface area contributed by atoms with Crippen molar-refractivity contribution in [1.29, 1.82) is 0 Å². The van der Waals surface area contributed by atoms with Gasteiger partial charge in [-0.15, -0.1) is 0 Å². The molecule has 2 N–H and O–H groups in total. The van der Waals surface area contributed by atoms with Gasteiger partial charge in [-0.1, -0.05) is 11.6 Å². The summed E-state index contributed by atoms with van der Waals surface area (Å²) in [5, 5.41) is 5.72. The topological polar surface area (TPSA) is 76.0 Å². The quantitative estimate of drug-likeness (QED) is 0.605. The van der Waals surface area contributed by atoms with Crippen LogP contribution in [0.1, 0.15) is 32.1 Å². The molecule has 0 aliphatic heterocycles.